The maximum atomic E-state index is 5.44. The Morgan fingerprint density at radius 3 is 2.11 bits per heavy atom. The molecule has 2 fully saturated rings. The molecule has 0 aromatic rings. The van der Waals surface area contributed by atoms with Crippen molar-refractivity contribution in [3.05, 3.63) is 0 Å². The first kappa shape index (κ1) is 15.2. The van der Waals surface area contributed by atoms with Gasteiger partial charge in [-0.3, -0.25) is 0 Å². The van der Waals surface area contributed by atoms with E-state index in [0.717, 1.165) is 19.1 Å². The van der Waals surface area contributed by atoms with Crippen LogP contribution in [0.2, 0.25) is 0 Å². The number of ether oxygens (including phenoxy) is 2. The molecule has 0 radical (unpaired) electrons. The van der Waals surface area contributed by atoms with E-state index in [9.17, 15) is 0 Å². The molecule has 2 heterocycles. The molecule has 0 aliphatic carbocycles. The fraction of sp³-hybridized carbons (Fsp3) is 1.00. The van der Waals surface area contributed by atoms with Crippen LogP contribution in [0.1, 0.15) is 25.7 Å². The zero-order valence-electron chi connectivity index (χ0n) is 12.6. The SMILES string of the molecule is COCCN1CCC(CN2CCC(OC)CC2)CC1. The van der Waals surface area contributed by atoms with Gasteiger partial charge in [0, 0.05) is 40.4 Å². The third kappa shape index (κ3) is 5.03. The van der Waals surface area contributed by atoms with E-state index in [1.165, 1.54) is 58.4 Å². The number of rotatable bonds is 6. The predicted molar refractivity (Wildman–Crippen MR) is 77.5 cm³/mol. The topological polar surface area (TPSA) is 24.9 Å². The summed E-state index contributed by atoms with van der Waals surface area (Å²) in [4.78, 5) is 5.18. The summed E-state index contributed by atoms with van der Waals surface area (Å²) in [5.74, 6) is 0.901. The number of likely N-dealkylation sites (tertiary alicyclic amines) is 2. The standard InChI is InChI=1S/C15H30N2O2/c1-18-12-11-16-7-3-14(4-8-16)13-17-9-5-15(19-2)6-10-17/h14-15H,3-13H2,1-2H3. The third-order valence-electron chi connectivity index (χ3n) is 4.70. The summed E-state index contributed by atoms with van der Waals surface area (Å²) in [5.41, 5.74) is 0. The van der Waals surface area contributed by atoms with Crippen molar-refractivity contribution in [1.29, 1.82) is 0 Å². The molecule has 2 rings (SSSR count). The summed E-state index contributed by atoms with van der Waals surface area (Å²) < 4.78 is 10.6. The monoisotopic (exact) mass is 270 g/mol. The van der Waals surface area contributed by atoms with Gasteiger partial charge in [-0.05, 0) is 44.7 Å². The van der Waals surface area contributed by atoms with Gasteiger partial charge >= 0.3 is 0 Å². The minimum absolute atomic E-state index is 0.507. The Morgan fingerprint density at radius 2 is 1.53 bits per heavy atom. The van der Waals surface area contributed by atoms with Crippen molar-refractivity contribution in [3.8, 4) is 0 Å². The second-order valence-corrected chi connectivity index (χ2v) is 6.01. The molecule has 0 saturated carbocycles. The Bertz CT molecular complexity index is 234. The minimum atomic E-state index is 0.507. The Kier molecular flexibility index (Phi) is 6.57. The summed E-state index contributed by atoms with van der Waals surface area (Å²) >= 11 is 0. The quantitative estimate of drug-likeness (QED) is 0.729. The third-order valence-corrected chi connectivity index (χ3v) is 4.70. The van der Waals surface area contributed by atoms with E-state index in [1.807, 2.05) is 7.11 Å². The molecule has 0 bridgehead atoms. The highest BCUT2D eigenvalue weighted by molar-refractivity contribution is 4.78. The van der Waals surface area contributed by atoms with Gasteiger partial charge in [0.25, 0.3) is 0 Å². The predicted octanol–water partition coefficient (Wildman–Crippen LogP) is 1.46. The van der Waals surface area contributed by atoms with Crippen LogP contribution in [0.5, 0.6) is 0 Å². The molecule has 0 spiro atoms. The number of hydrogen-bond donors (Lipinski definition) is 0. The molecule has 2 aliphatic heterocycles. The highest BCUT2D eigenvalue weighted by Gasteiger charge is 2.24. The summed E-state index contributed by atoms with van der Waals surface area (Å²) in [7, 11) is 3.63. The van der Waals surface area contributed by atoms with Crippen LogP contribution in [0, 0.1) is 5.92 Å². The zero-order chi connectivity index (χ0) is 13.5. The van der Waals surface area contributed by atoms with Gasteiger partial charge in [0.1, 0.15) is 0 Å². The van der Waals surface area contributed by atoms with Gasteiger partial charge in [-0.25, -0.2) is 0 Å². The van der Waals surface area contributed by atoms with Crippen molar-refractivity contribution < 1.29 is 9.47 Å². The van der Waals surface area contributed by atoms with Gasteiger partial charge in [-0.2, -0.15) is 0 Å². The van der Waals surface area contributed by atoms with Crippen molar-refractivity contribution in [2.24, 2.45) is 5.92 Å². The summed E-state index contributed by atoms with van der Waals surface area (Å²) in [6.07, 6.45) is 5.64. The first-order valence-corrected chi connectivity index (χ1v) is 7.78. The molecule has 4 heteroatoms. The van der Waals surface area contributed by atoms with Gasteiger partial charge in [0.05, 0.1) is 12.7 Å². The van der Waals surface area contributed by atoms with Gasteiger partial charge in [-0.15, -0.1) is 0 Å². The number of piperidine rings is 2. The number of methoxy groups -OCH3 is 2. The zero-order valence-corrected chi connectivity index (χ0v) is 12.6. The van der Waals surface area contributed by atoms with Crippen LogP contribution >= 0.6 is 0 Å². The summed E-state index contributed by atoms with van der Waals surface area (Å²) in [5, 5.41) is 0. The normalized spacial score (nSPS) is 24.9. The van der Waals surface area contributed by atoms with E-state index in [1.54, 1.807) is 7.11 Å². The van der Waals surface area contributed by atoms with Crippen LogP contribution < -0.4 is 0 Å². The van der Waals surface area contributed by atoms with E-state index in [4.69, 9.17) is 9.47 Å². The van der Waals surface area contributed by atoms with E-state index in [-0.39, 0.29) is 0 Å². The molecule has 0 unspecified atom stereocenters. The van der Waals surface area contributed by atoms with Gasteiger partial charge in [0.15, 0.2) is 0 Å². The molecule has 19 heavy (non-hydrogen) atoms. The van der Waals surface area contributed by atoms with Crippen molar-refractivity contribution in [2.45, 2.75) is 31.8 Å². The van der Waals surface area contributed by atoms with Crippen molar-refractivity contribution in [3.63, 3.8) is 0 Å². The minimum Gasteiger partial charge on any atom is -0.383 e. The molecule has 0 aromatic heterocycles. The lowest BCUT2D eigenvalue weighted by atomic mass is 9.95. The van der Waals surface area contributed by atoms with Crippen LogP contribution in [0.15, 0.2) is 0 Å². The number of hydrogen-bond acceptors (Lipinski definition) is 4. The second kappa shape index (κ2) is 8.20. The van der Waals surface area contributed by atoms with E-state index in [2.05, 4.69) is 9.80 Å². The van der Waals surface area contributed by atoms with Gasteiger partial charge < -0.3 is 19.3 Å². The first-order chi connectivity index (χ1) is 9.31. The average Bonchev–Trinajstić information content (AvgIpc) is 2.47. The van der Waals surface area contributed by atoms with Crippen LogP contribution in [0.25, 0.3) is 0 Å². The van der Waals surface area contributed by atoms with E-state index >= 15 is 0 Å². The van der Waals surface area contributed by atoms with E-state index < -0.39 is 0 Å². The smallest absolute Gasteiger partial charge is 0.0595 e. The fourth-order valence-electron chi connectivity index (χ4n) is 3.31. The average molecular weight is 270 g/mol. The molecular formula is C15H30N2O2. The molecule has 112 valence electrons. The van der Waals surface area contributed by atoms with Gasteiger partial charge in [0.2, 0.25) is 0 Å². The van der Waals surface area contributed by atoms with Crippen LogP contribution in [0.4, 0.5) is 0 Å². The molecule has 0 aromatic carbocycles. The molecule has 2 saturated heterocycles. The Balaban J connectivity index is 1.60. The molecule has 0 atom stereocenters. The molecule has 0 amide bonds. The van der Waals surface area contributed by atoms with Crippen LogP contribution in [0.3, 0.4) is 0 Å². The lowest BCUT2D eigenvalue weighted by molar-refractivity contribution is 0.0313. The fourth-order valence-corrected chi connectivity index (χ4v) is 3.31. The lowest BCUT2D eigenvalue weighted by Crippen LogP contribution is -2.43. The first-order valence-electron chi connectivity index (χ1n) is 7.78. The molecular weight excluding hydrogens is 240 g/mol. The lowest BCUT2D eigenvalue weighted by Gasteiger charge is -2.37. The highest BCUT2D eigenvalue weighted by Crippen LogP contribution is 2.21. The van der Waals surface area contributed by atoms with Crippen LogP contribution in [-0.4, -0.2) is 76.0 Å². The number of nitrogens with zero attached hydrogens (tertiary/aromatic N) is 2. The van der Waals surface area contributed by atoms with Crippen molar-refractivity contribution in [1.82, 2.24) is 9.80 Å². The summed E-state index contributed by atoms with van der Waals surface area (Å²) in [6, 6.07) is 0. The molecule has 0 N–H and O–H groups in total. The van der Waals surface area contributed by atoms with Gasteiger partial charge in [-0.1, -0.05) is 0 Å². The van der Waals surface area contributed by atoms with Crippen LogP contribution in [-0.2, 0) is 9.47 Å². The Morgan fingerprint density at radius 1 is 0.895 bits per heavy atom. The largest absolute Gasteiger partial charge is 0.383 e. The van der Waals surface area contributed by atoms with E-state index in [0.29, 0.717) is 6.10 Å². The highest BCUT2D eigenvalue weighted by atomic mass is 16.5. The maximum Gasteiger partial charge on any atom is 0.0595 e. The molecule has 4 nitrogen and oxygen atoms in total. The summed E-state index contributed by atoms with van der Waals surface area (Å²) in [6.45, 7) is 8.22. The maximum absolute atomic E-state index is 5.44. The van der Waals surface area contributed by atoms with Crippen molar-refractivity contribution in [2.75, 3.05) is 60.1 Å². The Hall–Kier alpha value is -0.160. The Labute approximate surface area is 118 Å². The van der Waals surface area contributed by atoms with Crippen molar-refractivity contribution >= 4 is 0 Å². The molecule has 2 aliphatic rings. The second-order valence-electron chi connectivity index (χ2n) is 6.01.